The first-order chi connectivity index (χ1) is 3.68. The fraction of sp³-hybridized carbons (Fsp3) is 1.00. The molecule has 0 aromatic rings. The summed E-state index contributed by atoms with van der Waals surface area (Å²) in [5.41, 5.74) is -0.282. The molecule has 0 saturated heterocycles. The molecule has 0 aromatic carbocycles. The standard InChI is InChI=1S/C4H10Cl2OSi/c1-4(2-5,3-6)7-8/h2-3H2,1,8H3. The summed E-state index contributed by atoms with van der Waals surface area (Å²) in [4.78, 5) is 0. The molecule has 0 N–H and O–H groups in total. The van der Waals surface area contributed by atoms with Crippen LogP contribution in [0.1, 0.15) is 6.92 Å². The van der Waals surface area contributed by atoms with Crippen LogP contribution in [0.2, 0.25) is 0 Å². The van der Waals surface area contributed by atoms with Crippen LogP contribution in [-0.4, -0.2) is 27.8 Å². The summed E-state index contributed by atoms with van der Waals surface area (Å²) in [7, 11) is 0.697. The largest absolute Gasteiger partial charge is 0.420 e. The van der Waals surface area contributed by atoms with Gasteiger partial charge in [-0.2, -0.15) is 0 Å². The van der Waals surface area contributed by atoms with E-state index in [1.54, 1.807) is 0 Å². The van der Waals surface area contributed by atoms with Gasteiger partial charge in [0.15, 0.2) is 0 Å². The Labute approximate surface area is 62.8 Å². The molecule has 1 nitrogen and oxygen atoms in total. The third-order valence-corrected chi connectivity index (χ3v) is 3.17. The van der Waals surface area contributed by atoms with Gasteiger partial charge in [-0.25, -0.2) is 0 Å². The molecule has 0 bridgehead atoms. The van der Waals surface area contributed by atoms with E-state index in [1.165, 1.54) is 0 Å². The Kier molecular flexibility index (Phi) is 4.07. The van der Waals surface area contributed by atoms with Crippen molar-refractivity contribution in [1.82, 2.24) is 0 Å². The summed E-state index contributed by atoms with van der Waals surface area (Å²) in [5, 5.41) is 0. The molecule has 0 rings (SSSR count). The summed E-state index contributed by atoms with van der Waals surface area (Å²) in [6.07, 6.45) is 0. The van der Waals surface area contributed by atoms with Crippen molar-refractivity contribution >= 4 is 33.7 Å². The second-order valence-electron chi connectivity index (χ2n) is 1.92. The van der Waals surface area contributed by atoms with Crippen LogP contribution in [0.15, 0.2) is 0 Å². The van der Waals surface area contributed by atoms with Gasteiger partial charge in [-0.15, -0.1) is 23.2 Å². The highest BCUT2D eigenvalue weighted by molar-refractivity contribution is 6.22. The minimum absolute atomic E-state index is 0.282. The molecule has 4 heteroatoms. The van der Waals surface area contributed by atoms with Crippen molar-refractivity contribution in [2.24, 2.45) is 0 Å². The Morgan fingerprint density at radius 2 is 1.88 bits per heavy atom. The predicted molar refractivity (Wildman–Crippen MR) is 40.9 cm³/mol. The van der Waals surface area contributed by atoms with Crippen molar-refractivity contribution in [3.05, 3.63) is 0 Å². The van der Waals surface area contributed by atoms with E-state index in [0.717, 1.165) is 0 Å². The van der Waals surface area contributed by atoms with Crippen LogP contribution >= 0.6 is 23.2 Å². The summed E-state index contributed by atoms with van der Waals surface area (Å²) < 4.78 is 5.11. The molecule has 0 aliphatic heterocycles. The molecule has 0 aliphatic carbocycles. The lowest BCUT2D eigenvalue weighted by Crippen LogP contribution is -2.31. The fourth-order valence-electron chi connectivity index (χ4n) is 0.145. The van der Waals surface area contributed by atoms with E-state index < -0.39 is 0 Å². The third kappa shape index (κ3) is 2.35. The van der Waals surface area contributed by atoms with Crippen molar-refractivity contribution < 1.29 is 4.43 Å². The zero-order valence-electron chi connectivity index (χ0n) is 5.08. The Bertz CT molecular complexity index is 56.8. The second kappa shape index (κ2) is 3.72. The fourth-order valence-corrected chi connectivity index (χ4v) is 1.30. The molecule has 0 amide bonds. The Morgan fingerprint density at radius 1 is 1.50 bits per heavy atom. The normalized spacial score (nSPS) is 12.4. The minimum Gasteiger partial charge on any atom is -0.420 e. The van der Waals surface area contributed by atoms with Gasteiger partial charge in [-0.1, -0.05) is 0 Å². The van der Waals surface area contributed by atoms with Crippen LogP contribution in [0.4, 0.5) is 0 Å². The van der Waals surface area contributed by atoms with E-state index in [1.807, 2.05) is 6.92 Å². The van der Waals surface area contributed by atoms with Crippen LogP contribution in [-0.2, 0) is 4.43 Å². The topological polar surface area (TPSA) is 9.23 Å². The van der Waals surface area contributed by atoms with E-state index in [0.29, 0.717) is 22.2 Å². The van der Waals surface area contributed by atoms with Gasteiger partial charge in [0.2, 0.25) is 0 Å². The van der Waals surface area contributed by atoms with Gasteiger partial charge >= 0.3 is 0 Å². The smallest absolute Gasteiger partial charge is 0.146 e. The number of halogens is 2. The lowest BCUT2D eigenvalue weighted by Gasteiger charge is -2.22. The first-order valence-electron chi connectivity index (χ1n) is 2.35. The van der Waals surface area contributed by atoms with Gasteiger partial charge in [-0.05, 0) is 6.92 Å². The van der Waals surface area contributed by atoms with Crippen LogP contribution < -0.4 is 0 Å². The lowest BCUT2D eigenvalue weighted by atomic mass is 10.2. The number of rotatable bonds is 3. The summed E-state index contributed by atoms with van der Waals surface area (Å²) >= 11 is 11.0. The van der Waals surface area contributed by atoms with E-state index in [2.05, 4.69) is 0 Å². The average molecular weight is 173 g/mol. The first-order valence-corrected chi connectivity index (χ1v) is 4.24. The van der Waals surface area contributed by atoms with Crippen molar-refractivity contribution in [2.75, 3.05) is 11.8 Å². The first kappa shape index (κ1) is 8.76. The van der Waals surface area contributed by atoms with Gasteiger partial charge in [-0.3, -0.25) is 0 Å². The zero-order valence-corrected chi connectivity index (χ0v) is 8.59. The quantitative estimate of drug-likeness (QED) is 0.446. The van der Waals surface area contributed by atoms with Gasteiger partial charge < -0.3 is 4.43 Å². The summed E-state index contributed by atoms with van der Waals surface area (Å²) in [6, 6.07) is 0. The SMILES string of the molecule is CC(CCl)(CCl)O[SiH3]. The van der Waals surface area contributed by atoms with E-state index >= 15 is 0 Å². The Hall–Kier alpha value is 0.757. The minimum atomic E-state index is -0.282. The maximum absolute atomic E-state index is 5.52. The third-order valence-electron chi connectivity index (χ3n) is 1.06. The van der Waals surface area contributed by atoms with Crippen molar-refractivity contribution in [1.29, 1.82) is 0 Å². The van der Waals surface area contributed by atoms with Crippen molar-refractivity contribution in [2.45, 2.75) is 12.5 Å². The van der Waals surface area contributed by atoms with Gasteiger partial charge in [0.25, 0.3) is 0 Å². The summed E-state index contributed by atoms with van der Waals surface area (Å²) in [6.45, 7) is 1.90. The monoisotopic (exact) mass is 172 g/mol. The maximum atomic E-state index is 5.52. The second-order valence-corrected chi connectivity index (χ2v) is 2.86. The van der Waals surface area contributed by atoms with E-state index in [9.17, 15) is 0 Å². The molecule has 0 unspecified atom stereocenters. The van der Waals surface area contributed by atoms with Crippen LogP contribution in [0.5, 0.6) is 0 Å². The van der Waals surface area contributed by atoms with E-state index in [-0.39, 0.29) is 5.60 Å². The van der Waals surface area contributed by atoms with Crippen LogP contribution in [0.25, 0.3) is 0 Å². The molecular weight excluding hydrogens is 163 g/mol. The summed E-state index contributed by atoms with van der Waals surface area (Å²) in [5.74, 6) is 0.944. The van der Waals surface area contributed by atoms with Gasteiger partial charge in [0.1, 0.15) is 10.5 Å². The average Bonchev–Trinajstić information content (AvgIpc) is 1.87. The highest BCUT2D eigenvalue weighted by Crippen LogP contribution is 2.11. The molecular formula is C4H10Cl2OSi. The van der Waals surface area contributed by atoms with Gasteiger partial charge in [0, 0.05) is 0 Å². The lowest BCUT2D eigenvalue weighted by molar-refractivity contribution is 0.154. The molecule has 0 aromatic heterocycles. The molecule has 0 fully saturated rings. The zero-order chi connectivity index (χ0) is 6.62. The molecule has 0 radical (unpaired) electrons. The van der Waals surface area contributed by atoms with Crippen LogP contribution in [0, 0.1) is 0 Å². The predicted octanol–water partition coefficient (Wildman–Crippen LogP) is 0.520. The molecule has 8 heavy (non-hydrogen) atoms. The number of hydrogen-bond acceptors (Lipinski definition) is 1. The molecule has 0 aliphatic rings. The van der Waals surface area contributed by atoms with Gasteiger partial charge in [0.05, 0.1) is 17.4 Å². The maximum Gasteiger partial charge on any atom is 0.146 e. The molecule has 0 saturated carbocycles. The van der Waals surface area contributed by atoms with Crippen molar-refractivity contribution in [3.63, 3.8) is 0 Å². The number of hydrogen-bond donors (Lipinski definition) is 0. The highest BCUT2D eigenvalue weighted by atomic mass is 35.5. The molecule has 50 valence electrons. The molecule has 0 spiro atoms. The molecule has 0 heterocycles. The van der Waals surface area contributed by atoms with Crippen molar-refractivity contribution in [3.8, 4) is 0 Å². The van der Waals surface area contributed by atoms with E-state index in [4.69, 9.17) is 27.6 Å². The van der Waals surface area contributed by atoms with Crippen LogP contribution in [0.3, 0.4) is 0 Å². The molecule has 0 atom stereocenters. The Balaban J connectivity index is 3.58. The highest BCUT2D eigenvalue weighted by Gasteiger charge is 2.19. The number of alkyl halides is 2. The Morgan fingerprint density at radius 3 is 1.88 bits per heavy atom.